The number of hydrogen-bond donors (Lipinski definition) is 5. The smallest absolute Gasteiger partial charge is 0.404 e. The number of allylic oxidation sites excluding steroid dienone is 3. The highest BCUT2D eigenvalue weighted by Gasteiger charge is 2.40. The molecule has 1 heterocycles. The fourth-order valence-corrected chi connectivity index (χ4v) is 5.33. The third-order valence-corrected chi connectivity index (χ3v) is 8.29. The van der Waals surface area contributed by atoms with Gasteiger partial charge in [-0.2, -0.15) is 0 Å². The van der Waals surface area contributed by atoms with Crippen LogP contribution in [0.3, 0.4) is 0 Å². The molecule has 0 bridgehead atoms. The van der Waals surface area contributed by atoms with Crippen molar-refractivity contribution in [2.75, 3.05) is 0 Å². The Kier molecular flexibility index (Phi) is 15.6. The van der Waals surface area contributed by atoms with E-state index in [1.54, 1.807) is 38.2 Å². The normalized spacial score (nSPS) is 27.9. The first-order chi connectivity index (χ1) is 19.1. The molecule has 0 aromatic heterocycles. The second-order valence-corrected chi connectivity index (χ2v) is 11.9. The Labute approximate surface area is 245 Å². The van der Waals surface area contributed by atoms with Crippen LogP contribution in [0, 0.1) is 35.5 Å². The molecule has 0 aromatic carbocycles. The Morgan fingerprint density at radius 1 is 1.07 bits per heavy atom. The fourth-order valence-electron chi connectivity index (χ4n) is 5.33. The molecule has 1 aliphatic heterocycles. The van der Waals surface area contributed by atoms with Gasteiger partial charge >= 0.3 is 12.1 Å². The van der Waals surface area contributed by atoms with Crippen LogP contribution in [0.5, 0.6) is 0 Å². The van der Waals surface area contributed by atoms with E-state index >= 15 is 0 Å². The van der Waals surface area contributed by atoms with Crippen molar-refractivity contribution < 1.29 is 39.5 Å². The van der Waals surface area contributed by atoms with E-state index in [-0.39, 0.29) is 36.0 Å². The Morgan fingerprint density at radius 2 is 1.71 bits per heavy atom. The topological polar surface area (TPSA) is 160 Å². The number of cyclic esters (lactones) is 1. The maximum absolute atomic E-state index is 11.9. The van der Waals surface area contributed by atoms with Crippen LogP contribution in [-0.2, 0) is 14.3 Å². The summed E-state index contributed by atoms with van der Waals surface area (Å²) >= 11 is 0. The zero-order chi connectivity index (χ0) is 31.4. The summed E-state index contributed by atoms with van der Waals surface area (Å²) in [5, 5.41) is 42.4. The highest BCUT2D eigenvalue weighted by atomic mass is 16.6. The van der Waals surface area contributed by atoms with Gasteiger partial charge in [0.25, 0.3) is 0 Å². The molecule has 9 heteroatoms. The summed E-state index contributed by atoms with van der Waals surface area (Å²) in [4.78, 5) is 23.4. The van der Waals surface area contributed by atoms with Gasteiger partial charge in [0.1, 0.15) is 12.2 Å². The van der Waals surface area contributed by atoms with E-state index in [1.165, 1.54) is 0 Å². The van der Waals surface area contributed by atoms with E-state index in [1.807, 2.05) is 46.8 Å². The lowest BCUT2D eigenvalue weighted by atomic mass is 9.84. The van der Waals surface area contributed by atoms with Gasteiger partial charge in [-0.1, -0.05) is 83.2 Å². The van der Waals surface area contributed by atoms with Crippen molar-refractivity contribution in [2.24, 2.45) is 41.2 Å². The number of carbonyl (C=O) groups is 2. The molecule has 9 nitrogen and oxygen atoms in total. The molecule has 1 aliphatic rings. The number of ether oxygens (including phenoxy) is 2. The van der Waals surface area contributed by atoms with Crippen LogP contribution < -0.4 is 5.73 Å². The van der Waals surface area contributed by atoms with E-state index in [9.17, 15) is 30.0 Å². The maximum Gasteiger partial charge on any atom is 0.404 e. The van der Waals surface area contributed by atoms with Crippen LogP contribution in [-0.4, -0.2) is 69.1 Å². The summed E-state index contributed by atoms with van der Waals surface area (Å²) < 4.78 is 10.7. The molecule has 1 saturated heterocycles. The van der Waals surface area contributed by atoms with Crippen LogP contribution in [0.2, 0.25) is 0 Å². The Hall–Kier alpha value is -2.46. The first kappa shape index (κ1) is 36.6. The lowest BCUT2D eigenvalue weighted by Gasteiger charge is -2.36. The van der Waals surface area contributed by atoms with Gasteiger partial charge in [0.15, 0.2) is 0 Å². The molecule has 41 heavy (non-hydrogen) atoms. The molecule has 1 rings (SSSR count). The second kappa shape index (κ2) is 17.5. The highest BCUT2D eigenvalue weighted by molar-refractivity contribution is 5.73. The summed E-state index contributed by atoms with van der Waals surface area (Å²) in [5.41, 5.74) is 6.27. The average Bonchev–Trinajstić information content (AvgIpc) is 2.92. The zero-order valence-electron chi connectivity index (χ0n) is 25.7. The van der Waals surface area contributed by atoms with Crippen LogP contribution in [0.1, 0.15) is 67.7 Å². The van der Waals surface area contributed by atoms with E-state index in [0.717, 1.165) is 5.57 Å². The largest absolute Gasteiger partial charge is 0.462 e. The first-order valence-electron chi connectivity index (χ1n) is 14.6. The molecule has 12 atom stereocenters. The van der Waals surface area contributed by atoms with Gasteiger partial charge in [-0.25, -0.2) is 4.79 Å². The van der Waals surface area contributed by atoms with Gasteiger partial charge < -0.3 is 35.6 Å². The van der Waals surface area contributed by atoms with Gasteiger partial charge in [0.2, 0.25) is 0 Å². The van der Waals surface area contributed by atoms with Crippen molar-refractivity contribution in [2.45, 2.75) is 104 Å². The summed E-state index contributed by atoms with van der Waals surface area (Å²) in [5.74, 6) is -2.31. The second-order valence-electron chi connectivity index (χ2n) is 11.9. The minimum absolute atomic E-state index is 0.165. The quantitative estimate of drug-likeness (QED) is 0.104. The number of primary amides is 1. The number of amides is 1. The van der Waals surface area contributed by atoms with Crippen LogP contribution in [0.4, 0.5) is 4.79 Å². The third kappa shape index (κ3) is 11.7. The Morgan fingerprint density at radius 3 is 2.29 bits per heavy atom. The van der Waals surface area contributed by atoms with Gasteiger partial charge in [-0.15, -0.1) is 0 Å². The number of rotatable bonds is 16. The molecule has 0 spiro atoms. The van der Waals surface area contributed by atoms with Crippen LogP contribution in [0.25, 0.3) is 0 Å². The zero-order valence-corrected chi connectivity index (χ0v) is 25.7. The van der Waals surface area contributed by atoms with E-state index in [4.69, 9.17) is 15.2 Å². The molecule has 6 N–H and O–H groups in total. The summed E-state index contributed by atoms with van der Waals surface area (Å²) in [6.07, 6.45) is 6.55. The van der Waals surface area contributed by atoms with Crippen molar-refractivity contribution in [3.8, 4) is 0 Å². The van der Waals surface area contributed by atoms with Gasteiger partial charge in [-0.05, 0) is 26.7 Å². The van der Waals surface area contributed by atoms with E-state index < -0.39 is 54.6 Å². The summed E-state index contributed by atoms with van der Waals surface area (Å²) in [7, 11) is 0. The summed E-state index contributed by atoms with van der Waals surface area (Å²) in [6, 6.07) is 0. The molecule has 1 amide bonds. The Balaban J connectivity index is 2.68. The minimum Gasteiger partial charge on any atom is -0.462 e. The van der Waals surface area contributed by atoms with Crippen molar-refractivity contribution >= 4 is 12.1 Å². The molecule has 234 valence electrons. The minimum atomic E-state index is -0.890. The molecule has 0 radical (unpaired) electrons. The predicted octanol–water partition coefficient (Wildman–Crippen LogP) is 4.05. The van der Waals surface area contributed by atoms with Crippen molar-refractivity contribution in [1.82, 2.24) is 0 Å². The standard InChI is InChI=1S/C32H53NO8/c1-9-10-11-20(4)30(41-32(33)39)22(6)26(35)15-12-18(2)16-21(5)28(36)19(3)13-14-25(34)17-27-23(7)29(37)24(8)31(38)40-27/h9-11,13-14,16,19-30,34-37H,1,12,15,17H2,2-8H3,(H2,33,39)/b11-10-,14-13-,18-16-/t19-,20?,21?,22-,23-,24+,25?,26+,27-,28-,29-,30?/m0/s1. The van der Waals surface area contributed by atoms with Crippen molar-refractivity contribution in [3.63, 3.8) is 0 Å². The molecule has 0 aromatic rings. The van der Waals surface area contributed by atoms with Crippen LogP contribution in [0.15, 0.2) is 48.6 Å². The molecular formula is C32H53NO8. The van der Waals surface area contributed by atoms with Crippen molar-refractivity contribution in [1.29, 1.82) is 0 Å². The molecule has 0 saturated carbocycles. The van der Waals surface area contributed by atoms with Crippen molar-refractivity contribution in [3.05, 3.63) is 48.6 Å². The number of esters is 1. The molecule has 4 unspecified atom stereocenters. The summed E-state index contributed by atoms with van der Waals surface area (Å²) in [6.45, 7) is 16.5. The van der Waals surface area contributed by atoms with Gasteiger partial charge in [0, 0.05) is 36.0 Å². The SMILES string of the molecule is C=C/C=C\C(C)C(OC(N)=O)[C@@H](C)[C@H](O)CC/C(C)=C\C(C)[C@@H](O)[C@@H](C)/C=C\C(O)C[C@@H]1OC(=O)[C@H](C)[C@@H](O)[C@H]1C. The molecule has 0 aliphatic carbocycles. The lowest BCUT2D eigenvalue weighted by Crippen LogP contribution is -2.47. The predicted molar refractivity (Wildman–Crippen MR) is 159 cm³/mol. The number of aliphatic hydroxyl groups excluding tert-OH is 4. The highest BCUT2D eigenvalue weighted by Crippen LogP contribution is 2.29. The Bertz CT molecular complexity index is 931. The van der Waals surface area contributed by atoms with Crippen LogP contribution >= 0.6 is 0 Å². The van der Waals surface area contributed by atoms with E-state index in [0.29, 0.717) is 12.8 Å². The fraction of sp³-hybridized carbons (Fsp3) is 0.688. The van der Waals surface area contributed by atoms with Gasteiger partial charge in [0.05, 0.1) is 30.3 Å². The lowest BCUT2D eigenvalue weighted by molar-refractivity contribution is -0.179. The molecule has 1 fully saturated rings. The maximum atomic E-state index is 11.9. The monoisotopic (exact) mass is 579 g/mol. The molecular weight excluding hydrogens is 526 g/mol. The number of nitrogens with two attached hydrogens (primary N) is 1. The number of carbonyl (C=O) groups excluding carboxylic acids is 2. The first-order valence-corrected chi connectivity index (χ1v) is 14.6. The van der Waals surface area contributed by atoms with Gasteiger partial charge in [-0.3, -0.25) is 4.79 Å². The van der Waals surface area contributed by atoms with E-state index in [2.05, 4.69) is 6.58 Å². The number of hydrogen-bond acceptors (Lipinski definition) is 8. The average molecular weight is 580 g/mol. The number of aliphatic hydroxyl groups is 4. The third-order valence-electron chi connectivity index (χ3n) is 8.29.